The summed E-state index contributed by atoms with van der Waals surface area (Å²) in [7, 11) is 0. The van der Waals surface area contributed by atoms with Crippen molar-refractivity contribution < 1.29 is 14.7 Å². The number of hydrogen-bond acceptors (Lipinski definition) is 3. The average Bonchev–Trinajstić information content (AvgIpc) is 2.77. The molecule has 2 aromatic rings. The minimum absolute atomic E-state index is 0.211. The molecule has 2 rings (SSSR count). The van der Waals surface area contributed by atoms with Crippen LogP contribution in [0.5, 0.6) is 0 Å². The van der Waals surface area contributed by atoms with E-state index < -0.39 is 5.97 Å². The average molecular weight is 302 g/mol. The lowest BCUT2D eigenvalue weighted by molar-refractivity contribution is -0.131. The van der Waals surface area contributed by atoms with Crippen LogP contribution in [-0.4, -0.2) is 16.9 Å². The van der Waals surface area contributed by atoms with E-state index in [1.807, 2.05) is 45.0 Å². The van der Waals surface area contributed by atoms with Crippen LogP contribution in [0.4, 0.5) is 0 Å². The molecule has 0 aliphatic rings. The molecule has 0 aliphatic heterocycles. The summed E-state index contributed by atoms with van der Waals surface area (Å²) in [5, 5.41) is 9.70. The maximum Gasteiger partial charge on any atom is 0.328 e. The Morgan fingerprint density at radius 1 is 1.24 bits per heavy atom. The van der Waals surface area contributed by atoms with E-state index in [1.54, 1.807) is 6.08 Å². The number of Topliss-reactive ketones (excluding diaryl/α,β-unsaturated/α-hetero) is 1. The monoisotopic (exact) mass is 302 g/mol. The van der Waals surface area contributed by atoms with Crippen LogP contribution in [0.25, 0.3) is 16.2 Å². The van der Waals surface area contributed by atoms with Crippen molar-refractivity contribution in [3.8, 4) is 0 Å². The fraction of sp³-hybridized carbons (Fsp3) is 0.294. The fourth-order valence-corrected chi connectivity index (χ4v) is 2.86. The third-order valence-electron chi connectivity index (χ3n) is 3.19. The van der Waals surface area contributed by atoms with E-state index >= 15 is 0 Å². The molecule has 0 spiro atoms. The molecule has 0 bridgehead atoms. The number of benzene rings is 1. The molecule has 0 amide bonds. The normalized spacial score (nSPS) is 12.1. The first-order valence-corrected chi connectivity index (χ1v) is 7.54. The van der Waals surface area contributed by atoms with Gasteiger partial charge < -0.3 is 5.11 Å². The maximum atomic E-state index is 12.1. The summed E-state index contributed by atoms with van der Waals surface area (Å²) < 4.78 is 1.09. The minimum Gasteiger partial charge on any atom is -0.478 e. The summed E-state index contributed by atoms with van der Waals surface area (Å²) in [6.07, 6.45) is 3.15. The predicted octanol–water partition coefficient (Wildman–Crippen LogP) is 4.16. The number of fused-ring (bicyclic) bond motifs is 1. The molecule has 1 heterocycles. The van der Waals surface area contributed by atoms with E-state index in [0.717, 1.165) is 26.6 Å². The number of hydrogen-bond donors (Lipinski definition) is 1. The van der Waals surface area contributed by atoms with Crippen molar-refractivity contribution in [2.45, 2.75) is 27.2 Å². The van der Waals surface area contributed by atoms with Gasteiger partial charge in [-0.1, -0.05) is 26.8 Å². The highest BCUT2D eigenvalue weighted by atomic mass is 32.1. The van der Waals surface area contributed by atoms with Crippen LogP contribution in [0.2, 0.25) is 0 Å². The molecule has 1 aromatic carbocycles. The third kappa shape index (κ3) is 4.02. The summed E-state index contributed by atoms with van der Waals surface area (Å²) in [6, 6.07) is 7.91. The van der Waals surface area contributed by atoms with Gasteiger partial charge in [0.25, 0.3) is 0 Å². The molecule has 0 radical (unpaired) electrons. The van der Waals surface area contributed by atoms with Crippen molar-refractivity contribution in [3.05, 3.63) is 40.8 Å². The number of carboxylic acid groups (broad SMARTS) is 1. The Hall–Kier alpha value is -1.94. The van der Waals surface area contributed by atoms with E-state index in [2.05, 4.69) is 0 Å². The van der Waals surface area contributed by atoms with E-state index in [0.29, 0.717) is 6.42 Å². The molecule has 0 saturated heterocycles. The Kier molecular flexibility index (Phi) is 4.28. The van der Waals surface area contributed by atoms with Crippen molar-refractivity contribution in [1.29, 1.82) is 0 Å². The zero-order valence-electron chi connectivity index (χ0n) is 12.3. The van der Waals surface area contributed by atoms with Gasteiger partial charge in [0.2, 0.25) is 0 Å². The molecule has 1 aromatic heterocycles. The Balaban J connectivity index is 2.26. The van der Waals surface area contributed by atoms with Crippen LogP contribution in [0.1, 0.15) is 31.2 Å². The second-order valence-electron chi connectivity index (χ2n) is 6.04. The number of aliphatic carboxylic acids is 1. The first-order valence-electron chi connectivity index (χ1n) is 6.72. The van der Waals surface area contributed by atoms with Crippen molar-refractivity contribution in [1.82, 2.24) is 0 Å². The Bertz CT molecular complexity index is 717. The van der Waals surface area contributed by atoms with E-state index in [1.165, 1.54) is 11.3 Å². The number of ketones is 1. The van der Waals surface area contributed by atoms with Gasteiger partial charge in [-0.15, -0.1) is 11.3 Å². The summed E-state index contributed by atoms with van der Waals surface area (Å²) in [5.74, 6) is -0.744. The molecular weight excluding hydrogens is 284 g/mol. The van der Waals surface area contributed by atoms with Gasteiger partial charge in [-0.25, -0.2) is 4.79 Å². The molecule has 21 heavy (non-hydrogen) atoms. The summed E-state index contributed by atoms with van der Waals surface area (Å²) in [4.78, 5) is 23.5. The molecular formula is C17H18O3S. The highest BCUT2D eigenvalue weighted by molar-refractivity contribution is 7.19. The molecule has 0 saturated carbocycles. The van der Waals surface area contributed by atoms with Crippen molar-refractivity contribution in [3.63, 3.8) is 0 Å². The fourth-order valence-electron chi connectivity index (χ4n) is 1.91. The molecule has 110 valence electrons. The van der Waals surface area contributed by atoms with E-state index in [9.17, 15) is 9.59 Å². The molecule has 3 nitrogen and oxygen atoms in total. The van der Waals surface area contributed by atoms with Crippen LogP contribution in [-0.2, 0) is 16.0 Å². The number of carbonyl (C=O) groups excluding carboxylic acids is 1. The Labute approximate surface area is 127 Å². The van der Waals surface area contributed by atoms with Crippen LogP contribution >= 0.6 is 11.3 Å². The lowest BCUT2D eigenvalue weighted by Gasteiger charge is -2.16. The summed E-state index contributed by atoms with van der Waals surface area (Å²) in [6.45, 7) is 5.77. The first kappa shape index (κ1) is 15.4. The molecule has 0 fully saturated rings. The third-order valence-corrected chi connectivity index (χ3v) is 4.27. The van der Waals surface area contributed by atoms with Crippen LogP contribution < -0.4 is 0 Å². The van der Waals surface area contributed by atoms with Gasteiger partial charge in [0.15, 0.2) is 0 Å². The number of carbonyl (C=O) groups is 2. The standard InChI is InChI=1S/C17H18O3S/c1-17(2,3)15(18)9-11-4-6-14-12(8-11)10-13(21-14)5-7-16(19)20/h4-8,10H,9H2,1-3H3,(H,19,20)/b7-5+. The van der Waals surface area contributed by atoms with Crippen molar-refractivity contribution >= 4 is 39.3 Å². The molecule has 0 atom stereocenters. The van der Waals surface area contributed by atoms with Gasteiger partial charge in [0, 0.05) is 27.5 Å². The van der Waals surface area contributed by atoms with E-state index in [-0.39, 0.29) is 11.2 Å². The molecule has 0 aliphatic carbocycles. The zero-order valence-corrected chi connectivity index (χ0v) is 13.2. The maximum absolute atomic E-state index is 12.1. The SMILES string of the molecule is CC(C)(C)C(=O)Cc1ccc2sc(/C=C/C(=O)O)cc2c1. The van der Waals surface area contributed by atoms with Crippen LogP contribution in [0, 0.1) is 5.41 Å². The van der Waals surface area contributed by atoms with Gasteiger partial charge in [-0.05, 0) is 35.2 Å². The van der Waals surface area contributed by atoms with Crippen molar-refractivity contribution in [2.75, 3.05) is 0 Å². The van der Waals surface area contributed by atoms with Gasteiger partial charge >= 0.3 is 5.97 Å². The zero-order chi connectivity index (χ0) is 15.6. The van der Waals surface area contributed by atoms with Gasteiger partial charge in [0.05, 0.1) is 0 Å². The second-order valence-corrected chi connectivity index (χ2v) is 7.16. The highest BCUT2D eigenvalue weighted by Gasteiger charge is 2.21. The second kappa shape index (κ2) is 5.82. The van der Waals surface area contributed by atoms with Crippen molar-refractivity contribution in [2.24, 2.45) is 5.41 Å². The Morgan fingerprint density at radius 3 is 2.57 bits per heavy atom. The molecule has 0 unspecified atom stereocenters. The molecule has 4 heteroatoms. The van der Waals surface area contributed by atoms with Gasteiger partial charge in [-0.2, -0.15) is 0 Å². The lowest BCUT2D eigenvalue weighted by Crippen LogP contribution is -2.21. The quantitative estimate of drug-likeness (QED) is 0.863. The largest absolute Gasteiger partial charge is 0.478 e. The van der Waals surface area contributed by atoms with Gasteiger partial charge in [-0.3, -0.25) is 4.79 Å². The lowest BCUT2D eigenvalue weighted by atomic mass is 9.87. The van der Waals surface area contributed by atoms with E-state index in [4.69, 9.17) is 5.11 Å². The highest BCUT2D eigenvalue weighted by Crippen LogP contribution is 2.28. The smallest absolute Gasteiger partial charge is 0.328 e. The predicted molar refractivity (Wildman–Crippen MR) is 86.7 cm³/mol. The number of rotatable bonds is 4. The van der Waals surface area contributed by atoms with Crippen LogP contribution in [0.15, 0.2) is 30.3 Å². The minimum atomic E-state index is -0.955. The topological polar surface area (TPSA) is 54.4 Å². The van der Waals surface area contributed by atoms with Gasteiger partial charge in [0.1, 0.15) is 5.78 Å². The first-order chi connectivity index (χ1) is 9.75. The Morgan fingerprint density at radius 2 is 1.95 bits per heavy atom. The summed E-state index contributed by atoms with van der Waals surface area (Å²) >= 11 is 1.54. The number of carboxylic acids is 1. The molecule has 1 N–H and O–H groups in total. The summed E-state index contributed by atoms with van der Waals surface area (Å²) in [5.41, 5.74) is 0.660. The number of thiophene rings is 1. The van der Waals surface area contributed by atoms with Crippen LogP contribution in [0.3, 0.4) is 0 Å².